The van der Waals surface area contributed by atoms with E-state index in [9.17, 15) is 9.59 Å². The predicted octanol–water partition coefficient (Wildman–Crippen LogP) is 0.819. The maximum Gasteiger partial charge on any atom is 0.263 e. The van der Waals surface area contributed by atoms with E-state index in [0.717, 1.165) is 0 Å². The average Bonchev–Trinajstić information content (AvgIpc) is 2.54. The van der Waals surface area contributed by atoms with E-state index >= 15 is 0 Å². The molecule has 1 fully saturated rings. The van der Waals surface area contributed by atoms with Gasteiger partial charge in [0.05, 0.1) is 13.2 Å². The first-order valence-electron chi connectivity index (χ1n) is 7.52. The molecule has 0 bridgehead atoms. The van der Waals surface area contributed by atoms with Crippen LogP contribution in [0.3, 0.4) is 0 Å². The van der Waals surface area contributed by atoms with Crippen LogP contribution in [0, 0.1) is 0 Å². The molecule has 1 N–H and O–H groups in total. The highest BCUT2D eigenvalue weighted by Crippen LogP contribution is 2.12. The van der Waals surface area contributed by atoms with Crippen LogP contribution in [-0.2, 0) is 14.3 Å². The molecule has 22 heavy (non-hydrogen) atoms. The van der Waals surface area contributed by atoms with Crippen molar-refractivity contribution < 1.29 is 19.1 Å². The molecule has 1 heterocycles. The second-order valence-corrected chi connectivity index (χ2v) is 5.11. The van der Waals surface area contributed by atoms with Crippen molar-refractivity contribution in [3.8, 4) is 5.75 Å². The molecule has 0 aliphatic carbocycles. The molecule has 2 rings (SSSR count). The van der Waals surface area contributed by atoms with Crippen LogP contribution in [-0.4, -0.2) is 55.7 Å². The van der Waals surface area contributed by atoms with Crippen LogP contribution >= 0.6 is 0 Å². The summed E-state index contributed by atoms with van der Waals surface area (Å²) in [6, 6.07) is 9.22. The maximum atomic E-state index is 12.5. The highest BCUT2D eigenvalue weighted by atomic mass is 16.5. The monoisotopic (exact) mass is 306 g/mol. The predicted molar refractivity (Wildman–Crippen MR) is 81.6 cm³/mol. The average molecular weight is 306 g/mol. The summed E-state index contributed by atoms with van der Waals surface area (Å²) in [6.45, 7) is 3.99. The molecule has 1 aromatic rings. The largest absolute Gasteiger partial charge is 0.481 e. The van der Waals surface area contributed by atoms with Crippen molar-refractivity contribution in [2.75, 3.05) is 32.8 Å². The van der Waals surface area contributed by atoms with Gasteiger partial charge in [-0.05, 0) is 19.1 Å². The molecule has 0 aromatic heterocycles. The Morgan fingerprint density at radius 1 is 1.27 bits per heavy atom. The second-order valence-electron chi connectivity index (χ2n) is 5.11. The number of benzene rings is 1. The van der Waals surface area contributed by atoms with Gasteiger partial charge in [0.25, 0.3) is 5.91 Å². The number of ether oxygens (including phenoxy) is 2. The summed E-state index contributed by atoms with van der Waals surface area (Å²) in [5, 5.41) is 2.75. The van der Waals surface area contributed by atoms with Crippen LogP contribution in [0.2, 0.25) is 0 Å². The van der Waals surface area contributed by atoms with Gasteiger partial charge < -0.3 is 19.7 Å². The van der Waals surface area contributed by atoms with Gasteiger partial charge in [-0.1, -0.05) is 18.2 Å². The zero-order valence-corrected chi connectivity index (χ0v) is 12.8. The lowest BCUT2D eigenvalue weighted by molar-refractivity contribution is -0.139. The standard InChI is InChI=1S/C16H22N2O4/c1-13(22-14-5-3-2-4-6-14)16(20)18-9-7-15(19)17-8-11-21-12-10-18/h2-6,13H,7-12H2,1H3,(H,17,19). The number of nitrogens with one attached hydrogen (secondary N) is 1. The van der Waals surface area contributed by atoms with E-state index in [4.69, 9.17) is 9.47 Å². The van der Waals surface area contributed by atoms with Gasteiger partial charge in [0.2, 0.25) is 5.91 Å². The molecule has 0 spiro atoms. The first kappa shape index (κ1) is 16.3. The molecule has 1 saturated heterocycles. The van der Waals surface area contributed by atoms with E-state index in [1.807, 2.05) is 30.3 Å². The van der Waals surface area contributed by atoms with Crippen molar-refractivity contribution in [2.45, 2.75) is 19.4 Å². The first-order valence-corrected chi connectivity index (χ1v) is 7.52. The minimum absolute atomic E-state index is 0.0695. The van der Waals surface area contributed by atoms with Crippen molar-refractivity contribution in [3.63, 3.8) is 0 Å². The fraction of sp³-hybridized carbons (Fsp3) is 0.500. The highest BCUT2D eigenvalue weighted by molar-refractivity contribution is 5.82. The molecular weight excluding hydrogens is 284 g/mol. The minimum Gasteiger partial charge on any atom is -0.481 e. The van der Waals surface area contributed by atoms with Crippen molar-refractivity contribution >= 4 is 11.8 Å². The Balaban J connectivity index is 1.93. The summed E-state index contributed by atoms with van der Waals surface area (Å²) in [4.78, 5) is 25.7. The summed E-state index contributed by atoms with van der Waals surface area (Å²) in [5.41, 5.74) is 0. The van der Waals surface area contributed by atoms with Gasteiger partial charge in [-0.2, -0.15) is 0 Å². The van der Waals surface area contributed by atoms with Crippen LogP contribution in [0.1, 0.15) is 13.3 Å². The Morgan fingerprint density at radius 3 is 2.82 bits per heavy atom. The SMILES string of the molecule is CC(Oc1ccccc1)C(=O)N1CCOCCNC(=O)CC1. The number of carbonyl (C=O) groups excluding carboxylic acids is 2. The lowest BCUT2D eigenvalue weighted by atomic mass is 10.2. The van der Waals surface area contributed by atoms with Gasteiger partial charge in [-0.15, -0.1) is 0 Å². The van der Waals surface area contributed by atoms with Crippen LogP contribution in [0.25, 0.3) is 0 Å². The third kappa shape index (κ3) is 5.04. The van der Waals surface area contributed by atoms with E-state index in [2.05, 4.69) is 5.32 Å². The van der Waals surface area contributed by atoms with Crippen molar-refractivity contribution in [2.24, 2.45) is 0 Å². The third-order valence-electron chi connectivity index (χ3n) is 3.40. The zero-order chi connectivity index (χ0) is 15.8. The van der Waals surface area contributed by atoms with Gasteiger partial charge in [-0.3, -0.25) is 9.59 Å². The molecule has 0 radical (unpaired) electrons. The topological polar surface area (TPSA) is 67.9 Å². The zero-order valence-electron chi connectivity index (χ0n) is 12.8. The van der Waals surface area contributed by atoms with Crippen LogP contribution in [0.15, 0.2) is 30.3 Å². The summed E-state index contributed by atoms with van der Waals surface area (Å²) in [6.07, 6.45) is -0.308. The number of amides is 2. The Morgan fingerprint density at radius 2 is 2.05 bits per heavy atom. The lowest BCUT2D eigenvalue weighted by Gasteiger charge is -2.26. The third-order valence-corrected chi connectivity index (χ3v) is 3.40. The molecule has 120 valence electrons. The van der Waals surface area contributed by atoms with Crippen LogP contribution in [0.5, 0.6) is 5.75 Å². The van der Waals surface area contributed by atoms with E-state index in [0.29, 0.717) is 45.0 Å². The maximum absolute atomic E-state index is 12.5. The Kier molecular flexibility index (Phi) is 6.21. The smallest absolute Gasteiger partial charge is 0.263 e. The number of hydrogen-bond acceptors (Lipinski definition) is 4. The van der Waals surface area contributed by atoms with E-state index in [1.54, 1.807) is 11.8 Å². The van der Waals surface area contributed by atoms with Gasteiger partial charge in [0.1, 0.15) is 5.75 Å². The van der Waals surface area contributed by atoms with Gasteiger partial charge >= 0.3 is 0 Å². The molecule has 1 unspecified atom stereocenters. The molecule has 1 atom stereocenters. The van der Waals surface area contributed by atoms with E-state index in [-0.39, 0.29) is 11.8 Å². The lowest BCUT2D eigenvalue weighted by Crippen LogP contribution is -2.45. The Hall–Kier alpha value is -2.08. The number of nitrogens with zero attached hydrogens (tertiary/aromatic N) is 1. The molecule has 1 aliphatic heterocycles. The van der Waals surface area contributed by atoms with Crippen molar-refractivity contribution in [1.29, 1.82) is 0 Å². The van der Waals surface area contributed by atoms with E-state index < -0.39 is 6.10 Å². The first-order chi connectivity index (χ1) is 10.7. The van der Waals surface area contributed by atoms with Gasteiger partial charge in [-0.25, -0.2) is 0 Å². The van der Waals surface area contributed by atoms with Crippen molar-refractivity contribution in [1.82, 2.24) is 10.2 Å². The molecule has 1 aliphatic rings. The van der Waals surface area contributed by atoms with Crippen LogP contribution in [0.4, 0.5) is 0 Å². The molecule has 6 heteroatoms. The molecule has 1 aromatic carbocycles. The molecular formula is C16H22N2O4. The highest BCUT2D eigenvalue weighted by Gasteiger charge is 2.23. The number of para-hydroxylation sites is 1. The normalized spacial score (nSPS) is 18.2. The number of carbonyl (C=O) groups is 2. The van der Waals surface area contributed by atoms with Gasteiger partial charge in [0, 0.05) is 26.1 Å². The van der Waals surface area contributed by atoms with E-state index in [1.165, 1.54) is 0 Å². The number of hydrogen-bond donors (Lipinski definition) is 1. The van der Waals surface area contributed by atoms with Crippen molar-refractivity contribution in [3.05, 3.63) is 30.3 Å². The Labute approximate surface area is 130 Å². The summed E-state index contributed by atoms with van der Waals surface area (Å²) < 4.78 is 11.0. The fourth-order valence-electron chi connectivity index (χ4n) is 2.21. The Bertz CT molecular complexity index is 492. The van der Waals surface area contributed by atoms with Crippen LogP contribution < -0.4 is 10.1 Å². The van der Waals surface area contributed by atoms with Gasteiger partial charge in [0.15, 0.2) is 6.10 Å². The summed E-state index contributed by atoms with van der Waals surface area (Å²) in [7, 11) is 0. The molecule has 6 nitrogen and oxygen atoms in total. The minimum atomic E-state index is -0.603. The number of rotatable bonds is 3. The summed E-state index contributed by atoms with van der Waals surface area (Å²) in [5.74, 6) is 0.444. The molecule has 0 saturated carbocycles. The summed E-state index contributed by atoms with van der Waals surface area (Å²) >= 11 is 0. The second kappa shape index (κ2) is 8.38. The fourth-order valence-corrected chi connectivity index (χ4v) is 2.21. The molecule has 2 amide bonds. The quantitative estimate of drug-likeness (QED) is 0.898.